The average Bonchev–Trinajstić information content (AvgIpc) is 2.26. The zero-order chi connectivity index (χ0) is 10.0. The molecule has 0 aromatic carbocycles. The van der Waals surface area contributed by atoms with Crippen LogP contribution in [-0.2, 0) is 9.59 Å². The van der Waals surface area contributed by atoms with Crippen LogP contribution in [0.3, 0.4) is 0 Å². The lowest BCUT2D eigenvalue weighted by Crippen LogP contribution is -2.31. The van der Waals surface area contributed by atoms with Crippen molar-refractivity contribution in [3.05, 3.63) is 0 Å². The highest BCUT2D eigenvalue weighted by Gasteiger charge is 2.39. The van der Waals surface area contributed by atoms with E-state index in [1.54, 1.807) is 6.92 Å². The molecule has 13 heavy (non-hydrogen) atoms. The third-order valence-electron chi connectivity index (χ3n) is 1.68. The van der Waals surface area contributed by atoms with Crippen LogP contribution in [0.15, 0.2) is 0 Å². The van der Waals surface area contributed by atoms with Gasteiger partial charge in [-0.25, -0.2) is 0 Å². The van der Waals surface area contributed by atoms with Crippen LogP contribution in [0.4, 0.5) is 4.79 Å². The maximum Gasteiger partial charge on any atom is 0.305 e. The molecule has 72 valence electrons. The van der Waals surface area contributed by atoms with Crippen molar-refractivity contribution < 1.29 is 19.5 Å². The van der Waals surface area contributed by atoms with Gasteiger partial charge in [-0.1, -0.05) is 11.8 Å². The van der Waals surface area contributed by atoms with E-state index < -0.39 is 11.2 Å². The molecule has 1 N–H and O–H groups in total. The minimum Gasteiger partial charge on any atom is -0.481 e. The molecule has 1 atom stereocenters. The predicted octanol–water partition coefficient (Wildman–Crippen LogP) is 0.545. The molecule has 0 unspecified atom stereocenters. The lowest BCUT2D eigenvalue weighted by Gasteiger charge is -2.08. The van der Waals surface area contributed by atoms with Crippen LogP contribution >= 0.6 is 11.8 Å². The van der Waals surface area contributed by atoms with E-state index in [1.807, 2.05) is 0 Å². The van der Waals surface area contributed by atoms with Crippen molar-refractivity contribution in [3.63, 3.8) is 0 Å². The highest BCUT2D eigenvalue weighted by atomic mass is 32.2. The smallest absolute Gasteiger partial charge is 0.305 e. The first-order valence-corrected chi connectivity index (χ1v) is 4.68. The van der Waals surface area contributed by atoms with E-state index in [0.29, 0.717) is 6.54 Å². The largest absolute Gasteiger partial charge is 0.481 e. The van der Waals surface area contributed by atoms with Crippen molar-refractivity contribution in [3.8, 4) is 0 Å². The minimum atomic E-state index is -1.06. The van der Waals surface area contributed by atoms with Crippen LogP contribution in [0, 0.1) is 0 Å². The van der Waals surface area contributed by atoms with Crippen LogP contribution < -0.4 is 0 Å². The first kappa shape index (κ1) is 10.0. The molecule has 1 heterocycles. The topological polar surface area (TPSA) is 74.7 Å². The van der Waals surface area contributed by atoms with Gasteiger partial charge in [0.05, 0.1) is 6.42 Å². The molecule has 6 heteroatoms. The minimum absolute atomic E-state index is 0.286. The van der Waals surface area contributed by atoms with Crippen LogP contribution in [0.5, 0.6) is 0 Å². The summed E-state index contributed by atoms with van der Waals surface area (Å²) in [5.74, 6) is -1.45. The molecule has 0 saturated carbocycles. The number of imide groups is 1. The lowest BCUT2D eigenvalue weighted by atomic mass is 10.3. The fraction of sp³-hybridized carbons (Fsp3) is 0.571. The number of carboxylic acid groups (broad SMARTS) is 1. The van der Waals surface area contributed by atoms with E-state index in [2.05, 4.69) is 0 Å². The van der Waals surface area contributed by atoms with Crippen molar-refractivity contribution >= 4 is 28.9 Å². The molecule has 5 nitrogen and oxygen atoms in total. The first-order chi connectivity index (χ1) is 6.06. The molecule has 1 aliphatic heterocycles. The first-order valence-electron chi connectivity index (χ1n) is 3.80. The van der Waals surface area contributed by atoms with Crippen LogP contribution in [0.2, 0.25) is 0 Å². The molecule has 0 aliphatic carbocycles. The summed E-state index contributed by atoms with van der Waals surface area (Å²) in [5, 5.41) is 7.36. The molecule has 0 spiro atoms. The maximum absolute atomic E-state index is 11.3. The number of rotatable bonds is 3. The Morgan fingerprint density at radius 3 is 2.62 bits per heavy atom. The molecule has 2 amide bonds. The number of amides is 2. The molecule has 0 radical (unpaired) electrons. The molecule has 1 fully saturated rings. The zero-order valence-corrected chi connectivity index (χ0v) is 7.84. The van der Waals surface area contributed by atoms with Gasteiger partial charge in [0.25, 0.3) is 5.24 Å². The SMILES string of the molecule is CCN1C(=O)S[C@H](CC(=O)O)C1=O. The van der Waals surface area contributed by atoms with Gasteiger partial charge in [-0.15, -0.1) is 0 Å². The van der Waals surface area contributed by atoms with Gasteiger partial charge in [-0.3, -0.25) is 19.3 Å². The third kappa shape index (κ3) is 2.00. The quantitative estimate of drug-likeness (QED) is 0.724. The predicted molar refractivity (Wildman–Crippen MR) is 46.4 cm³/mol. The zero-order valence-electron chi connectivity index (χ0n) is 7.02. The van der Waals surface area contributed by atoms with Crippen molar-refractivity contribution in [2.45, 2.75) is 18.6 Å². The number of nitrogens with zero attached hydrogens (tertiary/aromatic N) is 1. The Labute approximate surface area is 79.1 Å². The highest BCUT2D eigenvalue weighted by Crippen LogP contribution is 2.28. The number of thioether (sulfide) groups is 1. The fourth-order valence-corrected chi connectivity index (χ4v) is 2.12. The monoisotopic (exact) mass is 203 g/mol. The van der Waals surface area contributed by atoms with Gasteiger partial charge in [0, 0.05) is 6.54 Å². The van der Waals surface area contributed by atoms with Gasteiger partial charge in [0.2, 0.25) is 5.91 Å². The number of hydrogen-bond acceptors (Lipinski definition) is 4. The third-order valence-corrected chi connectivity index (χ3v) is 2.76. The van der Waals surface area contributed by atoms with Gasteiger partial charge in [-0.2, -0.15) is 0 Å². The standard InChI is InChI=1S/C7H9NO4S/c1-2-8-6(11)4(3-5(9)10)13-7(8)12/h4H,2-3H2,1H3,(H,9,10)/t4-/m1/s1. The summed E-state index contributed by atoms with van der Waals surface area (Å²) in [6, 6.07) is 0. The van der Waals surface area contributed by atoms with E-state index in [4.69, 9.17) is 5.11 Å². The molecule has 1 aliphatic rings. The highest BCUT2D eigenvalue weighted by molar-refractivity contribution is 8.15. The summed E-state index contributed by atoms with van der Waals surface area (Å²) in [6.45, 7) is 1.99. The van der Waals surface area contributed by atoms with E-state index in [9.17, 15) is 14.4 Å². The van der Waals surface area contributed by atoms with Gasteiger partial charge < -0.3 is 5.11 Å². The summed E-state index contributed by atoms with van der Waals surface area (Å²) in [6.07, 6.45) is -0.286. The second kappa shape index (κ2) is 3.78. The number of hydrogen-bond donors (Lipinski definition) is 1. The number of carbonyl (C=O) groups is 3. The molecular weight excluding hydrogens is 194 g/mol. The van der Waals surface area contributed by atoms with Gasteiger partial charge in [0.1, 0.15) is 5.25 Å². The maximum atomic E-state index is 11.3. The fourth-order valence-electron chi connectivity index (χ4n) is 1.07. The molecule has 0 aromatic heterocycles. The molecule has 1 rings (SSSR count). The van der Waals surface area contributed by atoms with Gasteiger partial charge in [-0.05, 0) is 6.92 Å². The summed E-state index contributed by atoms with van der Waals surface area (Å²) in [4.78, 5) is 33.8. The average molecular weight is 203 g/mol. The Morgan fingerprint density at radius 2 is 2.23 bits per heavy atom. The Kier molecular flexibility index (Phi) is 2.92. The van der Waals surface area contributed by atoms with Gasteiger partial charge >= 0.3 is 5.97 Å². The Balaban J connectivity index is 2.67. The number of carboxylic acids is 1. The van der Waals surface area contributed by atoms with Gasteiger partial charge in [0.15, 0.2) is 0 Å². The van der Waals surface area contributed by atoms with Crippen molar-refractivity contribution in [2.75, 3.05) is 6.54 Å². The van der Waals surface area contributed by atoms with Crippen molar-refractivity contribution in [1.82, 2.24) is 4.90 Å². The Bertz CT molecular complexity index is 265. The number of aliphatic carboxylic acids is 1. The summed E-state index contributed by atoms with van der Waals surface area (Å²) < 4.78 is 0. The summed E-state index contributed by atoms with van der Waals surface area (Å²) in [5.41, 5.74) is 0. The van der Waals surface area contributed by atoms with Crippen LogP contribution in [-0.4, -0.2) is 38.9 Å². The normalized spacial score (nSPS) is 22.5. The number of carbonyl (C=O) groups excluding carboxylic acids is 2. The van der Waals surface area contributed by atoms with E-state index in [-0.39, 0.29) is 17.6 Å². The molecular formula is C7H9NO4S. The summed E-state index contributed by atoms with van der Waals surface area (Å²) >= 11 is 0.791. The second-order valence-electron chi connectivity index (χ2n) is 2.55. The molecule has 1 saturated heterocycles. The second-order valence-corrected chi connectivity index (χ2v) is 3.71. The lowest BCUT2D eigenvalue weighted by molar-refractivity contribution is -0.139. The van der Waals surface area contributed by atoms with Crippen molar-refractivity contribution in [1.29, 1.82) is 0 Å². The van der Waals surface area contributed by atoms with Crippen LogP contribution in [0.25, 0.3) is 0 Å². The van der Waals surface area contributed by atoms with E-state index in [1.165, 1.54) is 0 Å². The molecule has 0 aromatic rings. The Morgan fingerprint density at radius 1 is 1.62 bits per heavy atom. The van der Waals surface area contributed by atoms with Crippen LogP contribution in [0.1, 0.15) is 13.3 Å². The van der Waals surface area contributed by atoms with E-state index in [0.717, 1.165) is 16.7 Å². The van der Waals surface area contributed by atoms with E-state index >= 15 is 0 Å². The van der Waals surface area contributed by atoms with Crippen molar-refractivity contribution in [2.24, 2.45) is 0 Å². The Hall–Kier alpha value is -1.04. The summed E-state index contributed by atoms with van der Waals surface area (Å²) in [7, 11) is 0. The molecule has 0 bridgehead atoms.